The van der Waals surface area contributed by atoms with Gasteiger partial charge < -0.3 is 4.90 Å². The predicted molar refractivity (Wildman–Crippen MR) is 53.4 cm³/mol. The molecule has 0 aromatic carbocycles. The Morgan fingerprint density at radius 1 is 1.45 bits per heavy atom. The maximum absolute atomic E-state index is 3.92. The van der Waals surface area contributed by atoms with Gasteiger partial charge in [-0.05, 0) is 12.5 Å². The van der Waals surface area contributed by atoms with Crippen molar-refractivity contribution < 1.29 is 0 Å². The van der Waals surface area contributed by atoms with Crippen molar-refractivity contribution in [1.82, 2.24) is 0 Å². The van der Waals surface area contributed by atoms with E-state index in [1.807, 2.05) is 6.92 Å². The van der Waals surface area contributed by atoms with Crippen LogP contribution < -0.4 is 4.90 Å². The molecule has 0 bridgehead atoms. The van der Waals surface area contributed by atoms with Gasteiger partial charge in [0.15, 0.2) is 0 Å². The molecule has 0 saturated carbocycles. The fraction of sp³-hybridized carbons (Fsp3) is 0.333. The zero-order valence-electron chi connectivity index (χ0n) is 7.22. The molecule has 11 heavy (non-hydrogen) atoms. The van der Waals surface area contributed by atoms with Crippen molar-refractivity contribution >= 4 is 22.6 Å². The van der Waals surface area contributed by atoms with Crippen LogP contribution in [0.1, 0.15) is 12.5 Å². The molecule has 0 aliphatic carbocycles. The minimum Gasteiger partial charge on any atom is -0.376 e. The normalized spacial score (nSPS) is 9.73. The fourth-order valence-corrected chi connectivity index (χ4v) is 1.95. The Morgan fingerprint density at radius 2 is 2.09 bits per heavy atom. The van der Waals surface area contributed by atoms with Gasteiger partial charge in [0.2, 0.25) is 0 Å². The van der Waals surface area contributed by atoms with Crippen LogP contribution >= 0.6 is 11.3 Å². The van der Waals surface area contributed by atoms with Gasteiger partial charge in [0, 0.05) is 30.4 Å². The first-order valence-corrected chi connectivity index (χ1v) is 4.46. The smallest absolute Gasteiger partial charge is 0.0545 e. The summed E-state index contributed by atoms with van der Waals surface area (Å²) in [6.45, 7) is 5.96. The summed E-state index contributed by atoms with van der Waals surface area (Å²) in [5, 5.41) is 4.28. The molecule has 60 valence electrons. The van der Waals surface area contributed by atoms with Gasteiger partial charge in [0.25, 0.3) is 0 Å². The van der Waals surface area contributed by atoms with Crippen LogP contribution in [0.2, 0.25) is 0 Å². The summed E-state index contributed by atoms with van der Waals surface area (Å²) >= 11 is 1.72. The first kappa shape index (κ1) is 8.34. The van der Waals surface area contributed by atoms with E-state index >= 15 is 0 Å². The van der Waals surface area contributed by atoms with E-state index in [0.717, 1.165) is 5.57 Å². The van der Waals surface area contributed by atoms with Crippen molar-refractivity contribution in [2.75, 3.05) is 19.0 Å². The van der Waals surface area contributed by atoms with Gasteiger partial charge in [0.05, 0.1) is 5.69 Å². The molecule has 0 unspecified atom stereocenters. The minimum absolute atomic E-state index is 1.13. The van der Waals surface area contributed by atoms with E-state index in [0.29, 0.717) is 0 Å². The summed E-state index contributed by atoms with van der Waals surface area (Å²) in [6.07, 6.45) is 0. The van der Waals surface area contributed by atoms with Crippen molar-refractivity contribution in [3.05, 3.63) is 22.9 Å². The number of hydrogen-bond donors (Lipinski definition) is 0. The molecule has 1 aromatic rings. The molecule has 0 atom stereocenters. The first-order chi connectivity index (χ1) is 5.13. The van der Waals surface area contributed by atoms with E-state index in [9.17, 15) is 0 Å². The highest BCUT2D eigenvalue weighted by molar-refractivity contribution is 7.08. The third kappa shape index (κ3) is 1.63. The Bertz CT molecular complexity index is 260. The van der Waals surface area contributed by atoms with Crippen LogP contribution in [0.15, 0.2) is 17.3 Å². The van der Waals surface area contributed by atoms with Crippen molar-refractivity contribution in [2.24, 2.45) is 0 Å². The lowest BCUT2D eigenvalue weighted by molar-refractivity contribution is 1.13. The second-order valence-corrected chi connectivity index (χ2v) is 3.59. The Kier molecular flexibility index (Phi) is 2.35. The lowest BCUT2D eigenvalue weighted by Gasteiger charge is -2.12. The Morgan fingerprint density at radius 3 is 2.45 bits per heavy atom. The molecular formula is C9H13NS. The standard InChI is InChI=1S/C9H13NS/c1-7(2)8-5-11-6-9(8)10(3)4/h5-6H,1H2,2-4H3. The van der Waals surface area contributed by atoms with Crippen LogP contribution in [0.25, 0.3) is 5.57 Å². The summed E-state index contributed by atoms with van der Waals surface area (Å²) in [7, 11) is 4.10. The number of allylic oxidation sites excluding steroid dienone is 1. The summed E-state index contributed by atoms with van der Waals surface area (Å²) < 4.78 is 0. The summed E-state index contributed by atoms with van der Waals surface area (Å²) in [5.41, 5.74) is 3.66. The van der Waals surface area contributed by atoms with Crippen LogP contribution in [0.5, 0.6) is 0 Å². The van der Waals surface area contributed by atoms with Gasteiger partial charge in [0.1, 0.15) is 0 Å². The Balaban J connectivity index is 3.06. The SMILES string of the molecule is C=C(C)c1cscc1N(C)C. The summed E-state index contributed by atoms with van der Waals surface area (Å²) in [6, 6.07) is 0. The highest BCUT2D eigenvalue weighted by Gasteiger charge is 2.04. The van der Waals surface area contributed by atoms with Crippen LogP contribution in [-0.2, 0) is 0 Å². The van der Waals surface area contributed by atoms with Crippen molar-refractivity contribution in [1.29, 1.82) is 0 Å². The average Bonchev–Trinajstić information content (AvgIpc) is 2.32. The number of rotatable bonds is 2. The predicted octanol–water partition coefficient (Wildman–Crippen LogP) is 2.85. The molecule has 0 radical (unpaired) electrons. The van der Waals surface area contributed by atoms with Gasteiger partial charge in [-0.1, -0.05) is 6.58 Å². The summed E-state index contributed by atoms with van der Waals surface area (Å²) in [5.74, 6) is 0. The van der Waals surface area contributed by atoms with Gasteiger partial charge in [-0.3, -0.25) is 0 Å². The molecule has 1 aromatic heterocycles. The van der Waals surface area contributed by atoms with Crippen LogP contribution in [0.3, 0.4) is 0 Å². The van der Waals surface area contributed by atoms with Crippen molar-refractivity contribution in [2.45, 2.75) is 6.92 Å². The van der Waals surface area contributed by atoms with E-state index in [1.54, 1.807) is 11.3 Å². The largest absolute Gasteiger partial charge is 0.376 e. The van der Waals surface area contributed by atoms with Crippen molar-refractivity contribution in [3.63, 3.8) is 0 Å². The maximum atomic E-state index is 3.92. The molecular weight excluding hydrogens is 154 g/mol. The van der Waals surface area contributed by atoms with E-state index in [2.05, 4.69) is 36.3 Å². The van der Waals surface area contributed by atoms with E-state index in [-0.39, 0.29) is 0 Å². The molecule has 0 amide bonds. The van der Waals surface area contributed by atoms with Crippen LogP contribution in [-0.4, -0.2) is 14.1 Å². The van der Waals surface area contributed by atoms with Gasteiger partial charge >= 0.3 is 0 Å². The average molecular weight is 167 g/mol. The quantitative estimate of drug-likeness (QED) is 0.654. The van der Waals surface area contributed by atoms with Gasteiger partial charge in [-0.15, -0.1) is 11.3 Å². The molecule has 0 fully saturated rings. The minimum atomic E-state index is 1.13. The zero-order valence-corrected chi connectivity index (χ0v) is 8.03. The molecule has 0 N–H and O–H groups in total. The van der Waals surface area contributed by atoms with Crippen LogP contribution in [0.4, 0.5) is 5.69 Å². The lowest BCUT2D eigenvalue weighted by Crippen LogP contribution is -2.08. The molecule has 1 heterocycles. The monoisotopic (exact) mass is 167 g/mol. The highest BCUT2D eigenvalue weighted by Crippen LogP contribution is 2.28. The molecule has 2 heteroatoms. The fourth-order valence-electron chi connectivity index (χ4n) is 0.956. The molecule has 1 rings (SSSR count). The Hall–Kier alpha value is -0.760. The van der Waals surface area contributed by atoms with E-state index < -0.39 is 0 Å². The lowest BCUT2D eigenvalue weighted by atomic mass is 10.1. The molecule has 0 saturated heterocycles. The second kappa shape index (κ2) is 3.09. The second-order valence-electron chi connectivity index (χ2n) is 2.85. The molecule has 1 nitrogen and oxygen atoms in total. The molecule has 0 aliphatic rings. The van der Waals surface area contributed by atoms with Gasteiger partial charge in [-0.25, -0.2) is 0 Å². The number of anilines is 1. The molecule has 0 aliphatic heterocycles. The zero-order chi connectivity index (χ0) is 8.43. The topological polar surface area (TPSA) is 3.24 Å². The number of nitrogens with zero attached hydrogens (tertiary/aromatic N) is 1. The number of thiophene rings is 1. The van der Waals surface area contributed by atoms with Crippen LogP contribution in [0, 0.1) is 0 Å². The summed E-state index contributed by atoms with van der Waals surface area (Å²) in [4.78, 5) is 2.11. The first-order valence-electron chi connectivity index (χ1n) is 3.52. The highest BCUT2D eigenvalue weighted by atomic mass is 32.1. The van der Waals surface area contributed by atoms with Crippen molar-refractivity contribution in [3.8, 4) is 0 Å². The van der Waals surface area contributed by atoms with E-state index in [4.69, 9.17) is 0 Å². The third-order valence-corrected chi connectivity index (χ3v) is 2.31. The maximum Gasteiger partial charge on any atom is 0.0545 e. The third-order valence-electron chi connectivity index (χ3n) is 1.58. The number of hydrogen-bond acceptors (Lipinski definition) is 2. The van der Waals surface area contributed by atoms with Gasteiger partial charge in [-0.2, -0.15) is 0 Å². The van der Waals surface area contributed by atoms with E-state index in [1.165, 1.54) is 11.3 Å². The molecule has 0 spiro atoms. The Labute approximate surface area is 72.0 Å².